The lowest BCUT2D eigenvalue weighted by Crippen LogP contribution is -2.42. The fourth-order valence-electron chi connectivity index (χ4n) is 3.66. The van der Waals surface area contributed by atoms with Gasteiger partial charge in [0.1, 0.15) is 17.1 Å². The Kier molecular flexibility index (Phi) is 2.69. The quantitative estimate of drug-likeness (QED) is 0.757. The SMILES string of the molecule is CN1CCC2=C1OC(N)=C(C#N)C21C(=O)Nc2ccc(Cl)cc21. The molecule has 0 fully saturated rings. The van der Waals surface area contributed by atoms with Crippen LogP contribution in [0.15, 0.2) is 41.1 Å². The molecule has 1 unspecified atom stereocenters. The third kappa shape index (κ3) is 1.55. The molecule has 7 heteroatoms. The van der Waals surface area contributed by atoms with Crippen molar-refractivity contribution in [3.8, 4) is 6.07 Å². The second kappa shape index (κ2) is 4.43. The molecule has 0 saturated heterocycles. The topological polar surface area (TPSA) is 91.4 Å². The van der Waals surface area contributed by atoms with E-state index in [1.165, 1.54) is 0 Å². The highest BCUT2D eigenvalue weighted by atomic mass is 35.5. The summed E-state index contributed by atoms with van der Waals surface area (Å²) in [4.78, 5) is 14.9. The molecule has 0 aromatic heterocycles. The summed E-state index contributed by atoms with van der Waals surface area (Å²) in [5, 5.41) is 13.0. The molecule has 1 atom stereocenters. The van der Waals surface area contributed by atoms with Crippen LogP contribution in [0.4, 0.5) is 5.69 Å². The molecule has 1 spiro atoms. The molecule has 0 aliphatic carbocycles. The largest absolute Gasteiger partial charge is 0.424 e. The third-order valence-electron chi connectivity index (χ3n) is 4.67. The Labute approximate surface area is 137 Å². The molecule has 0 saturated carbocycles. The monoisotopic (exact) mass is 328 g/mol. The van der Waals surface area contributed by atoms with Crippen molar-refractivity contribution in [2.45, 2.75) is 11.8 Å². The van der Waals surface area contributed by atoms with Crippen LogP contribution in [0.2, 0.25) is 5.02 Å². The number of benzene rings is 1. The number of fused-ring (bicyclic) bond motifs is 3. The Morgan fingerprint density at radius 3 is 3.04 bits per heavy atom. The Balaban J connectivity index is 2.10. The number of amides is 1. The van der Waals surface area contributed by atoms with E-state index in [2.05, 4.69) is 11.4 Å². The number of carbonyl (C=O) groups excluding carboxylic acids is 1. The third-order valence-corrected chi connectivity index (χ3v) is 4.90. The van der Waals surface area contributed by atoms with Gasteiger partial charge in [-0.1, -0.05) is 11.6 Å². The lowest BCUT2D eigenvalue weighted by Gasteiger charge is -2.34. The van der Waals surface area contributed by atoms with Crippen LogP contribution in [0, 0.1) is 11.3 Å². The second-order valence-electron chi connectivity index (χ2n) is 5.80. The van der Waals surface area contributed by atoms with E-state index in [0.717, 1.165) is 5.57 Å². The van der Waals surface area contributed by atoms with Gasteiger partial charge in [-0.05, 0) is 24.6 Å². The summed E-state index contributed by atoms with van der Waals surface area (Å²) >= 11 is 6.15. The maximum absolute atomic E-state index is 13.0. The molecule has 6 nitrogen and oxygen atoms in total. The first-order valence-corrected chi connectivity index (χ1v) is 7.52. The summed E-state index contributed by atoms with van der Waals surface area (Å²) in [6, 6.07) is 7.24. The van der Waals surface area contributed by atoms with Crippen molar-refractivity contribution in [3.05, 3.63) is 51.7 Å². The first-order valence-electron chi connectivity index (χ1n) is 7.14. The van der Waals surface area contributed by atoms with Gasteiger partial charge < -0.3 is 20.7 Å². The Morgan fingerprint density at radius 1 is 1.52 bits per heavy atom. The van der Waals surface area contributed by atoms with E-state index >= 15 is 0 Å². The molecule has 1 aromatic rings. The molecule has 0 radical (unpaired) electrons. The Morgan fingerprint density at radius 2 is 2.30 bits per heavy atom. The molecule has 3 N–H and O–H groups in total. The summed E-state index contributed by atoms with van der Waals surface area (Å²) in [5.74, 6) is 0.216. The number of hydrogen-bond acceptors (Lipinski definition) is 5. The summed E-state index contributed by atoms with van der Waals surface area (Å²) in [7, 11) is 1.87. The minimum atomic E-state index is -1.25. The number of nitriles is 1. The van der Waals surface area contributed by atoms with Crippen molar-refractivity contribution in [3.63, 3.8) is 0 Å². The van der Waals surface area contributed by atoms with E-state index in [-0.39, 0.29) is 17.4 Å². The summed E-state index contributed by atoms with van der Waals surface area (Å²) < 4.78 is 5.63. The fourth-order valence-corrected chi connectivity index (χ4v) is 3.83. The fraction of sp³-hybridized carbons (Fsp3) is 0.250. The molecule has 0 bridgehead atoms. The van der Waals surface area contributed by atoms with E-state index in [0.29, 0.717) is 35.1 Å². The first-order chi connectivity index (χ1) is 11.0. The van der Waals surface area contributed by atoms with Gasteiger partial charge >= 0.3 is 0 Å². The van der Waals surface area contributed by atoms with Crippen LogP contribution < -0.4 is 11.1 Å². The summed E-state index contributed by atoms with van der Waals surface area (Å²) in [5.41, 5.74) is 6.89. The standard InChI is InChI=1S/C16H13ClN4O2/c1-21-5-4-9-14(21)23-13(19)11(7-18)16(9)10-6-8(17)2-3-12(10)20-15(16)22/h2-3,6H,4-5,19H2,1H3,(H,20,22). The van der Waals surface area contributed by atoms with Gasteiger partial charge in [-0.2, -0.15) is 5.26 Å². The van der Waals surface area contributed by atoms with Crippen LogP contribution in [-0.2, 0) is 14.9 Å². The second-order valence-corrected chi connectivity index (χ2v) is 6.24. The average molecular weight is 329 g/mol. The Hall–Kier alpha value is -2.65. The van der Waals surface area contributed by atoms with Crippen LogP contribution in [0.1, 0.15) is 12.0 Å². The molecule has 4 rings (SSSR count). The van der Waals surface area contributed by atoms with E-state index < -0.39 is 5.41 Å². The Bertz CT molecular complexity index is 867. The highest BCUT2D eigenvalue weighted by Gasteiger charge is 2.58. The molecule has 116 valence electrons. The number of hydrogen-bond donors (Lipinski definition) is 2. The van der Waals surface area contributed by atoms with Crippen LogP contribution in [0.25, 0.3) is 0 Å². The predicted molar refractivity (Wildman–Crippen MR) is 83.9 cm³/mol. The van der Waals surface area contributed by atoms with Crippen LogP contribution >= 0.6 is 11.6 Å². The molecule has 23 heavy (non-hydrogen) atoms. The van der Waals surface area contributed by atoms with E-state index in [4.69, 9.17) is 22.1 Å². The van der Waals surface area contributed by atoms with Gasteiger partial charge in [-0.3, -0.25) is 4.79 Å². The lowest BCUT2D eigenvalue weighted by molar-refractivity contribution is -0.118. The number of carbonyl (C=O) groups is 1. The van der Waals surface area contributed by atoms with Crippen molar-refractivity contribution < 1.29 is 9.53 Å². The minimum Gasteiger partial charge on any atom is -0.424 e. The average Bonchev–Trinajstić information content (AvgIpc) is 3.01. The molecule has 1 amide bonds. The van der Waals surface area contributed by atoms with Gasteiger partial charge in [0.05, 0.1) is 0 Å². The van der Waals surface area contributed by atoms with E-state index in [9.17, 15) is 10.1 Å². The zero-order chi connectivity index (χ0) is 16.4. The highest BCUT2D eigenvalue weighted by molar-refractivity contribution is 6.31. The molecule has 3 aliphatic rings. The zero-order valence-corrected chi connectivity index (χ0v) is 13.1. The number of halogens is 1. The highest BCUT2D eigenvalue weighted by Crippen LogP contribution is 2.54. The van der Waals surface area contributed by atoms with Gasteiger partial charge in [-0.15, -0.1) is 0 Å². The maximum atomic E-state index is 13.0. The van der Waals surface area contributed by atoms with Crippen molar-refractivity contribution >= 4 is 23.2 Å². The normalized spacial score (nSPS) is 25.3. The van der Waals surface area contributed by atoms with Crippen molar-refractivity contribution in [2.75, 3.05) is 18.9 Å². The van der Waals surface area contributed by atoms with Crippen LogP contribution in [0.3, 0.4) is 0 Å². The van der Waals surface area contributed by atoms with Crippen LogP contribution in [0.5, 0.6) is 0 Å². The van der Waals surface area contributed by atoms with Crippen molar-refractivity contribution in [1.29, 1.82) is 5.26 Å². The maximum Gasteiger partial charge on any atom is 0.244 e. The predicted octanol–water partition coefficient (Wildman–Crippen LogP) is 1.80. The van der Waals surface area contributed by atoms with Gasteiger partial charge in [0, 0.05) is 35.4 Å². The number of ether oxygens (including phenoxy) is 1. The van der Waals surface area contributed by atoms with Gasteiger partial charge in [0.2, 0.25) is 11.8 Å². The van der Waals surface area contributed by atoms with Crippen molar-refractivity contribution in [2.24, 2.45) is 5.73 Å². The summed E-state index contributed by atoms with van der Waals surface area (Å²) in [6.07, 6.45) is 0.615. The van der Waals surface area contributed by atoms with E-state index in [1.807, 2.05) is 11.9 Å². The van der Waals surface area contributed by atoms with Crippen LogP contribution in [-0.4, -0.2) is 24.4 Å². The molecule has 3 aliphatic heterocycles. The van der Waals surface area contributed by atoms with Gasteiger partial charge in [-0.25, -0.2) is 0 Å². The number of nitrogens with two attached hydrogens (primary N) is 1. The molecular formula is C16H13ClN4O2. The number of rotatable bonds is 0. The molecule has 1 aromatic carbocycles. The van der Waals surface area contributed by atoms with Gasteiger partial charge in [0.15, 0.2) is 5.88 Å². The van der Waals surface area contributed by atoms with E-state index in [1.54, 1.807) is 18.2 Å². The summed E-state index contributed by atoms with van der Waals surface area (Å²) in [6.45, 7) is 0.696. The molecule has 3 heterocycles. The molecular weight excluding hydrogens is 316 g/mol. The number of nitrogens with one attached hydrogen (secondary N) is 1. The number of anilines is 1. The lowest BCUT2D eigenvalue weighted by atomic mass is 9.68. The first kappa shape index (κ1) is 14.0. The zero-order valence-electron chi connectivity index (χ0n) is 12.3. The van der Waals surface area contributed by atoms with Gasteiger partial charge in [0.25, 0.3) is 0 Å². The smallest absolute Gasteiger partial charge is 0.244 e. The van der Waals surface area contributed by atoms with Crippen molar-refractivity contribution in [1.82, 2.24) is 4.90 Å². The number of nitrogens with zero attached hydrogens (tertiary/aromatic N) is 2. The minimum absolute atomic E-state index is 0.0389.